The van der Waals surface area contributed by atoms with Crippen molar-refractivity contribution in [1.29, 1.82) is 0 Å². The Bertz CT molecular complexity index is 1630. The van der Waals surface area contributed by atoms with Crippen LogP contribution in [-0.4, -0.2) is 37.2 Å². The Morgan fingerprint density at radius 2 is 1.40 bits per heavy atom. The van der Waals surface area contributed by atoms with Crippen LogP contribution in [0.15, 0.2) is 71.5 Å². The second kappa shape index (κ2) is 10.2. The van der Waals surface area contributed by atoms with Crippen molar-refractivity contribution in [3.63, 3.8) is 0 Å². The molecule has 0 aliphatic rings. The molecular weight excluding hydrogens is 605 g/mol. The number of halogens is 3. The Balaban J connectivity index is 0.00000144. The smallest absolute Gasteiger partial charge is 0.455 e. The molecule has 2 heterocycles. The zero-order valence-corrected chi connectivity index (χ0v) is 20.4. The van der Waals surface area contributed by atoms with Gasteiger partial charge in [0, 0.05) is 83.9 Å². The van der Waals surface area contributed by atoms with E-state index in [9.17, 15) is 27.9 Å². The molecule has 35 heavy (non-hydrogen) atoms. The molecule has 0 unspecified atom stereocenters. The summed E-state index contributed by atoms with van der Waals surface area (Å²) in [7, 11) is 1.79. The first-order chi connectivity index (χ1) is 15.2. The summed E-state index contributed by atoms with van der Waals surface area (Å²) in [6.45, 7) is 0. The average molecular weight is 624 g/mol. The summed E-state index contributed by atoms with van der Waals surface area (Å²) in [6, 6.07) is 18.6. The van der Waals surface area contributed by atoms with Crippen LogP contribution in [-0.2, 0) is 7.05 Å². The third-order valence-electron chi connectivity index (χ3n) is 5.69. The van der Waals surface area contributed by atoms with Crippen LogP contribution in [0, 0.1) is 49.4 Å². The summed E-state index contributed by atoms with van der Waals surface area (Å²) in [5, 5.41) is 12.1. The Morgan fingerprint density at radius 3 is 2.03 bits per heavy atom. The number of fused-ring (bicyclic) bond motifs is 5. The van der Waals surface area contributed by atoms with Gasteiger partial charge in [-0.3, -0.25) is 14.2 Å². The third-order valence-corrected chi connectivity index (χ3v) is 5.69. The molecule has 0 spiro atoms. The summed E-state index contributed by atoms with van der Waals surface area (Å²) < 4.78 is 43.0. The summed E-state index contributed by atoms with van der Waals surface area (Å²) >= 11 is 0. The second-order valence-electron chi connectivity index (χ2n) is 7.46. The molecule has 2 aromatic heterocycles. The van der Waals surface area contributed by atoms with Gasteiger partial charge >= 0.3 is 6.18 Å². The number of aromatic hydroxyl groups is 1. The second-order valence-corrected chi connectivity index (χ2v) is 7.46. The van der Waals surface area contributed by atoms with E-state index in [1.54, 1.807) is 61.6 Å². The van der Waals surface area contributed by atoms with E-state index in [4.69, 9.17) is 0 Å². The van der Waals surface area contributed by atoms with Crippen LogP contribution in [0.1, 0.15) is 10.4 Å². The van der Waals surface area contributed by atoms with Crippen LogP contribution in [0.5, 0.6) is 5.75 Å². The number of rotatable bonds is 2. The molecule has 0 amide bonds. The summed E-state index contributed by atoms with van der Waals surface area (Å²) in [5.41, 5.74) is -0.634. The molecule has 0 fully saturated rings. The Kier molecular flexibility index (Phi) is 8.35. The zero-order chi connectivity index (χ0) is 22.8. The number of carbonyl (C=O) groups excluding carboxylic acids is 1. The van der Waals surface area contributed by atoms with Crippen molar-refractivity contribution in [3.05, 3.63) is 82.6 Å². The first kappa shape index (κ1) is 28.7. The molecule has 0 saturated heterocycles. The van der Waals surface area contributed by atoms with Crippen LogP contribution in [0.4, 0.5) is 13.2 Å². The molecule has 5 aromatic rings. The van der Waals surface area contributed by atoms with E-state index in [0.29, 0.717) is 16.3 Å². The topological polar surface area (TPSA) is 127 Å². The molecular formula is C24H19EuF3N2O5. The Labute approximate surface area is 236 Å². The summed E-state index contributed by atoms with van der Waals surface area (Å²) in [4.78, 5) is 25.4. The van der Waals surface area contributed by atoms with E-state index < -0.39 is 28.8 Å². The number of carbonyl (C=O) groups is 1. The molecule has 0 bridgehead atoms. The van der Waals surface area contributed by atoms with Crippen molar-refractivity contribution in [2.75, 3.05) is 0 Å². The Morgan fingerprint density at radius 1 is 0.829 bits per heavy atom. The van der Waals surface area contributed by atoms with Gasteiger partial charge in [-0.25, -0.2) is 0 Å². The molecule has 0 saturated carbocycles. The minimum Gasteiger partial charge on any atom is -0.506 e. The number of alkyl halides is 3. The summed E-state index contributed by atoms with van der Waals surface area (Å²) in [6.07, 6.45) is -5.33. The SMILES string of the molecule is Cn1c2ccccc2c2c3c(O)c(C(=O)C(F)(F)F)c(=O)n(-c4ccccc4)c3ccc21.O.O.[Eu]. The fourth-order valence-electron chi connectivity index (χ4n) is 4.29. The largest absolute Gasteiger partial charge is 0.506 e. The van der Waals surface area contributed by atoms with Gasteiger partial charge in [0.05, 0.1) is 10.9 Å². The molecule has 183 valence electrons. The normalized spacial score (nSPS) is 11.1. The van der Waals surface area contributed by atoms with Gasteiger partial charge in [-0.05, 0) is 30.3 Å². The number of hydrogen-bond acceptors (Lipinski definition) is 3. The van der Waals surface area contributed by atoms with Crippen LogP contribution < -0.4 is 5.56 Å². The van der Waals surface area contributed by atoms with Gasteiger partial charge in [-0.1, -0.05) is 36.4 Å². The van der Waals surface area contributed by atoms with E-state index in [-0.39, 0.29) is 76.9 Å². The van der Waals surface area contributed by atoms with Crippen molar-refractivity contribution >= 4 is 38.5 Å². The fraction of sp³-hybridized carbons (Fsp3) is 0.0833. The quantitative estimate of drug-likeness (QED) is 0.303. The molecule has 1 radical (unpaired) electrons. The number of hydrogen-bond donors (Lipinski definition) is 1. The van der Waals surface area contributed by atoms with E-state index in [2.05, 4.69) is 0 Å². The fourth-order valence-corrected chi connectivity index (χ4v) is 4.29. The predicted molar refractivity (Wildman–Crippen MR) is 123 cm³/mol. The maximum Gasteiger partial charge on any atom is 0.455 e. The van der Waals surface area contributed by atoms with Crippen LogP contribution >= 0.6 is 0 Å². The minimum atomic E-state index is -5.33. The van der Waals surface area contributed by atoms with Gasteiger partial charge in [-0.2, -0.15) is 13.2 Å². The van der Waals surface area contributed by atoms with E-state index in [1.807, 2.05) is 16.7 Å². The molecule has 11 heteroatoms. The van der Waals surface area contributed by atoms with Gasteiger partial charge in [0.2, 0.25) is 0 Å². The van der Waals surface area contributed by atoms with Gasteiger partial charge in [0.15, 0.2) is 0 Å². The molecule has 7 nitrogen and oxygen atoms in total. The number of aromatic nitrogens is 2. The number of Topliss-reactive ketones (excluding diaryl/α,β-unsaturated/α-hetero) is 1. The molecule has 0 aliphatic heterocycles. The number of benzene rings is 3. The summed E-state index contributed by atoms with van der Waals surface area (Å²) in [5.74, 6) is -3.36. The van der Waals surface area contributed by atoms with Crippen molar-refractivity contribution in [1.82, 2.24) is 9.13 Å². The van der Waals surface area contributed by atoms with Crippen LogP contribution in [0.2, 0.25) is 0 Å². The molecule has 0 atom stereocenters. The molecule has 0 aliphatic carbocycles. The first-order valence-electron chi connectivity index (χ1n) is 9.66. The van der Waals surface area contributed by atoms with Crippen molar-refractivity contribution in [3.8, 4) is 11.4 Å². The van der Waals surface area contributed by atoms with Crippen molar-refractivity contribution < 1.29 is 83.4 Å². The molecule has 5 rings (SSSR count). The third kappa shape index (κ3) is 4.32. The molecule has 3 aromatic carbocycles. The van der Waals surface area contributed by atoms with Gasteiger partial charge in [0.1, 0.15) is 11.3 Å². The number of nitrogens with zero attached hydrogens (tertiary/aromatic N) is 2. The van der Waals surface area contributed by atoms with Crippen LogP contribution in [0.25, 0.3) is 38.4 Å². The van der Waals surface area contributed by atoms with Gasteiger partial charge in [0.25, 0.3) is 11.3 Å². The number of ketones is 1. The van der Waals surface area contributed by atoms with E-state index in [1.165, 1.54) is 0 Å². The standard InChI is InChI=1S/C24H15F3N2O3.Eu.2H2O/c1-28-15-10-6-5-9-14(15)18-16(28)11-12-17-19(18)21(30)20(22(31)24(25,26)27)23(32)29(17)13-7-3-2-4-8-13;;;/h2-12,30H,1H3;;2*1H2. The minimum absolute atomic E-state index is 0. The Hall–Kier alpha value is -2.57. The monoisotopic (exact) mass is 625 g/mol. The maximum atomic E-state index is 13.4. The van der Waals surface area contributed by atoms with Gasteiger partial charge in [-0.15, -0.1) is 0 Å². The zero-order valence-electron chi connectivity index (χ0n) is 18.0. The first-order valence-corrected chi connectivity index (χ1v) is 9.66. The van der Waals surface area contributed by atoms with E-state index in [0.717, 1.165) is 10.1 Å². The van der Waals surface area contributed by atoms with Crippen LogP contribution in [0.3, 0.4) is 0 Å². The number of pyridine rings is 1. The van der Waals surface area contributed by atoms with E-state index >= 15 is 0 Å². The molecule has 5 N–H and O–H groups in total. The average Bonchev–Trinajstić information content (AvgIpc) is 3.06. The van der Waals surface area contributed by atoms with Gasteiger partial charge < -0.3 is 20.6 Å². The number of para-hydroxylation sites is 2. The van der Waals surface area contributed by atoms with Crippen molar-refractivity contribution in [2.24, 2.45) is 7.05 Å². The maximum absolute atomic E-state index is 13.4. The number of aryl methyl sites for hydroxylation is 1. The predicted octanol–water partition coefficient (Wildman–Crippen LogP) is 3.44. The van der Waals surface area contributed by atoms with Crippen molar-refractivity contribution in [2.45, 2.75) is 6.18 Å².